The van der Waals surface area contributed by atoms with Crippen molar-refractivity contribution in [3.8, 4) is 11.4 Å². The number of benzene rings is 2. The third-order valence-electron chi connectivity index (χ3n) is 4.70. The van der Waals surface area contributed by atoms with Gasteiger partial charge in [0, 0.05) is 23.7 Å². The van der Waals surface area contributed by atoms with Crippen LogP contribution >= 0.6 is 11.6 Å². The van der Waals surface area contributed by atoms with E-state index in [4.69, 9.17) is 21.1 Å². The number of hydrogen-bond acceptors (Lipinski definition) is 5. The van der Waals surface area contributed by atoms with Crippen molar-refractivity contribution in [2.24, 2.45) is 0 Å². The normalized spacial score (nSPS) is 14.3. The van der Waals surface area contributed by atoms with Crippen LogP contribution in [-0.2, 0) is 4.74 Å². The number of carbonyl (C=O) groups is 1. The maximum absolute atomic E-state index is 13.0. The highest BCUT2D eigenvalue weighted by atomic mass is 35.5. The quantitative estimate of drug-likeness (QED) is 0.676. The molecule has 28 heavy (non-hydrogen) atoms. The minimum Gasteiger partial charge on any atom is -0.495 e. The number of aromatic nitrogens is 2. The fourth-order valence-electron chi connectivity index (χ4n) is 3.23. The molecule has 4 rings (SSSR count). The zero-order valence-corrected chi connectivity index (χ0v) is 16.0. The molecule has 1 saturated heterocycles. The highest BCUT2D eigenvalue weighted by molar-refractivity contribution is 6.30. The lowest BCUT2D eigenvalue weighted by atomic mass is 10.1. The number of fused-ring (bicyclic) bond motifs is 1. The first kappa shape index (κ1) is 18.5. The second-order valence-electron chi connectivity index (χ2n) is 6.37. The molecule has 1 aliphatic heterocycles. The minimum atomic E-state index is -0.268. The van der Waals surface area contributed by atoms with Crippen molar-refractivity contribution in [3.05, 3.63) is 63.7 Å². The van der Waals surface area contributed by atoms with Gasteiger partial charge in [0.15, 0.2) is 0 Å². The number of amides is 1. The molecule has 2 aromatic carbocycles. The van der Waals surface area contributed by atoms with Crippen molar-refractivity contribution < 1.29 is 14.3 Å². The minimum absolute atomic E-state index is 0.0901. The molecular formula is C20H18ClN3O4. The van der Waals surface area contributed by atoms with E-state index in [0.717, 1.165) is 0 Å². The summed E-state index contributed by atoms with van der Waals surface area (Å²) >= 11 is 6.08. The van der Waals surface area contributed by atoms with Crippen molar-refractivity contribution >= 4 is 28.4 Å². The Bertz CT molecular complexity index is 1110. The van der Waals surface area contributed by atoms with Gasteiger partial charge in [0.1, 0.15) is 12.1 Å². The van der Waals surface area contributed by atoms with Crippen molar-refractivity contribution in [2.75, 3.05) is 33.4 Å². The summed E-state index contributed by atoms with van der Waals surface area (Å²) in [6.45, 7) is 2.18. The zero-order valence-electron chi connectivity index (χ0n) is 15.2. The summed E-state index contributed by atoms with van der Waals surface area (Å²) in [5.41, 5.74) is 1.19. The zero-order chi connectivity index (χ0) is 19.7. The fraction of sp³-hybridized carbons (Fsp3) is 0.250. The first-order valence-corrected chi connectivity index (χ1v) is 9.18. The first-order chi connectivity index (χ1) is 13.6. The van der Waals surface area contributed by atoms with Crippen LogP contribution in [0, 0.1) is 0 Å². The molecule has 0 atom stereocenters. The van der Waals surface area contributed by atoms with Gasteiger partial charge in [-0.1, -0.05) is 11.6 Å². The van der Waals surface area contributed by atoms with Crippen LogP contribution in [0.3, 0.4) is 0 Å². The van der Waals surface area contributed by atoms with Crippen molar-refractivity contribution in [3.63, 3.8) is 0 Å². The Morgan fingerprint density at radius 3 is 2.71 bits per heavy atom. The lowest BCUT2D eigenvalue weighted by Crippen LogP contribution is -2.40. The van der Waals surface area contributed by atoms with Gasteiger partial charge >= 0.3 is 0 Å². The second-order valence-corrected chi connectivity index (χ2v) is 6.81. The molecule has 8 heteroatoms. The molecule has 3 aromatic rings. The number of carbonyl (C=O) groups excluding carboxylic acids is 1. The predicted molar refractivity (Wildman–Crippen MR) is 106 cm³/mol. The number of ether oxygens (including phenoxy) is 2. The predicted octanol–water partition coefficient (Wildman–Crippen LogP) is 2.52. The van der Waals surface area contributed by atoms with Crippen LogP contribution in [-0.4, -0.2) is 53.8 Å². The molecule has 2 heterocycles. The van der Waals surface area contributed by atoms with Crippen LogP contribution in [0.2, 0.25) is 5.02 Å². The van der Waals surface area contributed by atoms with Crippen LogP contribution in [0.4, 0.5) is 0 Å². The number of hydrogen-bond donors (Lipinski definition) is 0. The van der Waals surface area contributed by atoms with Gasteiger partial charge in [-0.05, 0) is 36.4 Å². The molecule has 0 spiro atoms. The smallest absolute Gasteiger partial charge is 0.265 e. The molecular weight excluding hydrogens is 382 g/mol. The molecule has 144 valence electrons. The Hall–Kier alpha value is -2.90. The van der Waals surface area contributed by atoms with E-state index in [0.29, 0.717) is 59.2 Å². The van der Waals surface area contributed by atoms with Gasteiger partial charge in [-0.2, -0.15) is 0 Å². The molecule has 0 N–H and O–H groups in total. The molecule has 0 radical (unpaired) electrons. The number of morpholine rings is 1. The number of methoxy groups -OCH3 is 1. The Balaban J connectivity index is 1.76. The summed E-state index contributed by atoms with van der Waals surface area (Å²) in [7, 11) is 1.52. The molecule has 1 fully saturated rings. The molecule has 0 aliphatic carbocycles. The van der Waals surface area contributed by atoms with Crippen LogP contribution in [0.25, 0.3) is 16.6 Å². The van der Waals surface area contributed by atoms with Gasteiger partial charge in [0.05, 0.1) is 36.9 Å². The van der Waals surface area contributed by atoms with Gasteiger partial charge in [0.2, 0.25) is 0 Å². The van der Waals surface area contributed by atoms with E-state index in [1.54, 1.807) is 41.3 Å². The number of halogens is 1. The average molecular weight is 400 g/mol. The van der Waals surface area contributed by atoms with Gasteiger partial charge < -0.3 is 14.4 Å². The van der Waals surface area contributed by atoms with Crippen LogP contribution in [0.5, 0.6) is 5.75 Å². The Labute approximate surface area is 166 Å². The van der Waals surface area contributed by atoms with E-state index in [9.17, 15) is 9.59 Å². The van der Waals surface area contributed by atoms with E-state index in [1.165, 1.54) is 18.0 Å². The summed E-state index contributed by atoms with van der Waals surface area (Å²) < 4.78 is 12.0. The van der Waals surface area contributed by atoms with E-state index in [2.05, 4.69) is 4.98 Å². The highest BCUT2D eigenvalue weighted by Crippen LogP contribution is 2.25. The molecule has 1 amide bonds. The van der Waals surface area contributed by atoms with Crippen molar-refractivity contribution in [1.82, 2.24) is 14.5 Å². The number of nitrogens with zero attached hydrogens (tertiary/aromatic N) is 3. The second kappa shape index (κ2) is 7.61. The third-order valence-corrected chi connectivity index (χ3v) is 4.94. The summed E-state index contributed by atoms with van der Waals surface area (Å²) in [6, 6.07) is 9.96. The monoisotopic (exact) mass is 399 g/mol. The first-order valence-electron chi connectivity index (χ1n) is 8.81. The standard InChI is InChI=1S/C20H18ClN3O4/c1-27-18-5-3-14(21)11-17(18)24-12-22-16-10-13(2-4-15(16)20(24)26)19(25)23-6-8-28-9-7-23/h2-5,10-12H,6-9H2,1H3. The molecule has 0 unspecified atom stereocenters. The van der Waals surface area contributed by atoms with Gasteiger partial charge in [-0.25, -0.2) is 4.98 Å². The lowest BCUT2D eigenvalue weighted by molar-refractivity contribution is 0.0303. The van der Waals surface area contributed by atoms with Gasteiger partial charge in [-0.15, -0.1) is 0 Å². The summed E-state index contributed by atoms with van der Waals surface area (Å²) in [5.74, 6) is 0.416. The molecule has 7 nitrogen and oxygen atoms in total. The van der Waals surface area contributed by atoms with Crippen molar-refractivity contribution in [1.29, 1.82) is 0 Å². The van der Waals surface area contributed by atoms with E-state index in [1.807, 2.05) is 0 Å². The maximum atomic E-state index is 13.0. The molecule has 1 aliphatic rings. The summed E-state index contributed by atoms with van der Waals surface area (Å²) in [5, 5.41) is 0.886. The van der Waals surface area contributed by atoms with E-state index >= 15 is 0 Å². The third kappa shape index (κ3) is 3.34. The molecule has 0 saturated carbocycles. The summed E-state index contributed by atoms with van der Waals surface area (Å²) in [4.78, 5) is 31.8. The Kier molecular flexibility index (Phi) is 5.02. The Morgan fingerprint density at radius 1 is 1.18 bits per heavy atom. The Morgan fingerprint density at radius 2 is 1.96 bits per heavy atom. The maximum Gasteiger partial charge on any atom is 0.265 e. The van der Waals surface area contributed by atoms with E-state index < -0.39 is 0 Å². The fourth-order valence-corrected chi connectivity index (χ4v) is 3.39. The lowest BCUT2D eigenvalue weighted by Gasteiger charge is -2.26. The average Bonchev–Trinajstić information content (AvgIpc) is 2.74. The molecule has 1 aromatic heterocycles. The van der Waals surface area contributed by atoms with Crippen molar-refractivity contribution in [2.45, 2.75) is 0 Å². The number of rotatable bonds is 3. The van der Waals surface area contributed by atoms with Gasteiger partial charge in [-0.3, -0.25) is 14.2 Å². The van der Waals surface area contributed by atoms with E-state index in [-0.39, 0.29) is 11.5 Å². The van der Waals surface area contributed by atoms with Gasteiger partial charge in [0.25, 0.3) is 11.5 Å². The summed E-state index contributed by atoms with van der Waals surface area (Å²) in [6.07, 6.45) is 1.42. The SMILES string of the molecule is COc1ccc(Cl)cc1-n1cnc2cc(C(=O)N3CCOCC3)ccc2c1=O. The highest BCUT2D eigenvalue weighted by Gasteiger charge is 2.19. The molecule has 0 bridgehead atoms. The van der Waals surface area contributed by atoms with Crippen LogP contribution in [0.1, 0.15) is 10.4 Å². The van der Waals surface area contributed by atoms with Crippen LogP contribution < -0.4 is 10.3 Å². The topological polar surface area (TPSA) is 73.7 Å². The largest absolute Gasteiger partial charge is 0.495 e. The van der Waals surface area contributed by atoms with Crippen LogP contribution in [0.15, 0.2) is 47.5 Å².